The van der Waals surface area contributed by atoms with Crippen LogP contribution < -0.4 is 11.1 Å². The standard InChI is InChI=1S/C13H24N6/c1-3-19-17-10(2)12(18-19)9-15-13(14)16-11-7-5-4-6-8-11/h11H,3-9H2,1-2H3,(H3,14,15,16). The monoisotopic (exact) mass is 264 g/mol. The molecule has 0 spiro atoms. The molecule has 0 bridgehead atoms. The molecule has 1 heterocycles. The van der Waals surface area contributed by atoms with Gasteiger partial charge in [-0.05, 0) is 26.7 Å². The molecule has 1 aromatic rings. The molecule has 6 nitrogen and oxygen atoms in total. The minimum atomic E-state index is 0.491. The summed E-state index contributed by atoms with van der Waals surface area (Å²) in [7, 11) is 0. The lowest BCUT2D eigenvalue weighted by Gasteiger charge is -2.23. The second-order valence-corrected chi connectivity index (χ2v) is 5.10. The maximum Gasteiger partial charge on any atom is 0.189 e. The zero-order valence-corrected chi connectivity index (χ0v) is 11.9. The summed E-state index contributed by atoms with van der Waals surface area (Å²) in [5, 5.41) is 12.0. The number of nitrogens with zero attached hydrogens (tertiary/aromatic N) is 4. The van der Waals surface area contributed by atoms with E-state index >= 15 is 0 Å². The van der Waals surface area contributed by atoms with Crippen LogP contribution in [-0.4, -0.2) is 27.0 Å². The van der Waals surface area contributed by atoms with Crippen LogP contribution in [0.15, 0.2) is 4.99 Å². The largest absolute Gasteiger partial charge is 0.370 e. The molecule has 1 fully saturated rings. The first kappa shape index (κ1) is 13.8. The van der Waals surface area contributed by atoms with E-state index in [2.05, 4.69) is 20.5 Å². The molecule has 2 rings (SSSR count). The number of nitrogens with one attached hydrogen (secondary N) is 1. The average Bonchev–Trinajstić information content (AvgIpc) is 2.78. The summed E-state index contributed by atoms with van der Waals surface area (Å²) >= 11 is 0. The van der Waals surface area contributed by atoms with Crippen LogP contribution in [0.25, 0.3) is 0 Å². The molecule has 6 heteroatoms. The fraction of sp³-hybridized carbons (Fsp3) is 0.769. The highest BCUT2D eigenvalue weighted by Crippen LogP contribution is 2.17. The molecule has 0 atom stereocenters. The molecule has 1 aliphatic carbocycles. The van der Waals surface area contributed by atoms with Crippen molar-refractivity contribution in [2.75, 3.05) is 0 Å². The summed E-state index contributed by atoms with van der Waals surface area (Å²) in [6.45, 7) is 5.25. The summed E-state index contributed by atoms with van der Waals surface area (Å²) in [5.74, 6) is 0.525. The summed E-state index contributed by atoms with van der Waals surface area (Å²) < 4.78 is 0. The first-order valence-corrected chi connectivity index (χ1v) is 7.16. The molecule has 1 saturated carbocycles. The third kappa shape index (κ3) is 3.94. The Morgan fingerprint density at radius 1 is 1.37 bits per heavy atom. The molecule has 0 saturated heterocycles. The van der Waals surface area contributed by atoms with Gasteiger partial charge in [-0.15, -0.1) is 0 Å². The van der Waals surface area contributed by atoms with Crippen molar-refractivity contribution in [1.29, 1.82) is 0 Å². The average molecular weight is 264 g/mol. The van der Waals surface area contributed by atoms with Crippen LogP contribution in [0, 0.1) is 6.92 Å². The van der Waals surface area contributed by atoms with Gasteiger partial charge in [0.05, 0.1) is 18.8 Å². The summed E-state index contributed by atoms with van der Waals surface area (Å²) in [4.78, 5) is 6.05. The molecule has 0 aromatic carbocycles. The lowest BCUT2D eigenvalue weighted by molar-refractivity contribution is 0.412. The number of hydrogen-bond acceptors (Lipinski definition) is 3. The van der Waals surface area contributed by atoms with Gasteiger partial charge in [-0.25, -0.2) is 4.99 Å². The topological polar surface area (TPSA) is 81.1 Å². The van der Waals surface area contributed by atoms with Crippen molar-refractivity contribution in [3.8, 4) is 0 Å². The maximum absolute atomic E-state index is 5.93. The van der Waals surface area contributed by atoms with Crippen LogP contribution in [0.5, 0.6) is 0 Å². The maximum atomic E-state index is 5.93. The quantitative estimate of drug-likeness (QED) is 0.635. The van der Waals surface area contributed by atoms with E-state index in [-0.39, 0.29) is 0 Å². The molecular formula is C13H24N6. The molecule has 1 aromatic heterocycles. The van der Waals surface area contributed by atoms with Gasteiger partial charge in [-0.1, -0.05) is 19.3 Å². The van der Waals surface area contributed by atoms with Gasteiger partial charge in [-0.3, -0.25) is 0 Å². The molecule has 0 unspecified atom stereocenters. The first-order valence-electron chi connectivity index (χ1n) is 7.16. The van der Waals surface area contributed by atoms with Gasteiger partial charge in [-0.2, -0.15) is 15.0 Å². The van der Waals surface area contributed by atoms with E-state index in [1.54, 1.807) is 4.80 Å². The molecule has 0 radical (unpaired) electrons. The van der Waals surface area contributed by atoms with Gasteiger partial charge in [0.25, 0.3) is 0 Å². The lowest BCUT2D eigenvalue weighted by atomic mass is 9.96. The molecule has 19 heavy (non-hydrogen) atoms. The molecular weight excluding hydrogens is 240 g/mol. The summed E-state index contributed by atoms with van der Waals surface area (Å²) in [5.41, 5.74) is 7.75. The van der Waals surface area contributed by atoms with Gasteiger partial charge < -0.3 is 11.1 Å². The van der Waals surface area contributed by atoms with Crippen LogP contribution in [0.1, 0.15) is 50.4 Å². The number of rotatable bonds is 4. The lowest BCUT2D eigenvalue weighted by Crippen LogP contribution is -2.41. The Bertz CT molecular complexity index is 430. The SMILES string of the molecule is CCn1nc(C)c(CN=C(N)NC2CCCCC2)n1. The number of aliphatic imine (C=N–C) groups is 1. The smallest absolute Gasteiger partial charge is 0.189 e. The van der Waals surface area contributed by atoms with Crippen LogP contribution in [0.4, 0.5) is 0 Å². The minimum absolute atomic E-state index is 0.491. The molecule has 106 valence electrons. The third-order valence-corrected chi connectivity index (χ3v) is 3.56. The van der Waals surface area contributed by atoms with Crippen LogP contribution in [0.3, 0.4) is 0 Å². The predicted octanol–water partition coefficient (Wildman–Crippen LogP) is 1.34. The zero-order valence-electron chi connectivity index (χ0n) is 11.9. The van der Waals surface area contributed by atoms with E-state index in [1.807, 2.05) is 13.8 Å². The molecule has 1 aliphatic rings. The second-order valence-electron chi connectivity index (χ2n) is 5.10. The van der Waals surface area contributed by atoms with E-state index in [0.29, 0.717) is 18.5 Å². The Kier molecular flexibility index (Phi) is 4.76. The number of guanidine groups is 1. The highest BCUT2D eigenvalue weighted by molar-refractivity contribution is 5.78. The highest BCUT2D eigenvalue weighted by atomic mass is 15.5. The van der Waals surface area contributed by atoms with Crippen molar-refractivity contribution < 1.29 is 0 Å². The molecule has 0 amide bonds. The van der Waals surface area contributed by atoms with E-state index in [1.165, 1.54) is 32.1 Å². The summed E-state index contributed by atoms with van der Waals surface area (Å²) in [6.07, 6.45) is 6.31. The van der Waals surface area contributed by atoms with E-state index < -0.39 is 0 Å². The normalized spacial score (nSPS) is 17.7. The zero-order chi connectivity index (χ0) is 13.7. The fourth-order valence-electron chi connectivity index (χ4n) is 2.41. The van der Waals surface area contributed by atoms with Crippen LogP contribution in [-0.2, 0) is 13.1 Å². The second kappa shape index (κ2) is 6.54. The van der Waals surface area contributed by atoms with Crippen molar-refractivity contribution in [2.24, 2.45) is 10.7 Å². The fourth-order valence-corrected chi connectivity index (χ4v) is 2.41. The van der Waals surface area contributed by atoms with E-state index in [9.17, 15) is 0 Å². The Hall–Kier alpha value is -1.59. The van der Waals surface area contributed by atoms with E-state index in [4.69, 9.17) is 5.73 Å². The Morgan fingerprint density at radius 2 is 2.11 bits per heavy atom. The highest BCUT2D eigenvalue weighted by Gasteiger charge is 2.13. The number of aryl methyl sites for hydroxylation is 2. The van der Waals surface area contributed by atoms with Gasteiger partial charge in [0.2, 0.25) is 0 Å². The van der Waals surface area contributed by atoms with Gasteiger partial charge in [0.1, 0.15) is 5.69 Å². The Labute approximate surface area is 114 Å². The van der Waals surface area contributed by atoms with Crippen molar-refractivity contribution in [3.63, 3.8) is 0 Å². The first-order chi connectivity index (χ1) is 9.19. The van der Waals surface area contributed by atoms with Gasteiger partial charge in [0.15, 0.2) is 5.96 Å². The summed E-state index contributed by atoms with van der Waals surface area (Å²) in [6, 6.07) is 0.491. The van der Waals surface area contributed by atoms with Crippen molar-refractivity contribution >= 4 is 5.96 Å². The van der Waals surface area contributed by atoms with Crippen molar-refractivity contribution in [1.82, 2.24) is 20.3 Å². The predicted molar refractivity (Wildman–Crippen MR) is 75.8 cm³/mol. The van der Waals surface area contributed by atoms with Crippen LogP contribution in [0.2, 0.25) is 0 Å². The Balaban J connectivity index is 1.87. The van der Waals surface area contributed by atoms with Gasteiger partial charge >= 0.3 is 0 Å². The number of nitrogens with two attached hydrogens (primary N) is 1. The molecule has 3 N–H and O–H groups in total. The number of hydrogen-bond donors (Lipinski definition) is 2. The minimum Gasteiger partial charge on any atom is -0.370 e. The van der Waals surface area contributed by atoms with E-state index in [0.717, 1.165) is 17.9 Å². The van der Waals surface area contributed by atoms with Gasteiger partial charge in [0, 0.05) is 6.04 Å². The Morgan fingerprint density at radius 3 is 2.74 bits per heavy atom. The molecule has 0 aliphatic heterocycles. The number of aromatic nitrogens is 3. The van der Waals surface area contributed by atoms with Crippen molar-refractivity contribution in [2.45, 2.75) is 65.1 Å². The third-order valence-electron chi connectivity index (χ3n) is 3.56. The van der Waals surface area contributed by atoms with Crippen LogP contribution >= 0.6 is 0 Å². The van der Waals surface area contributed by atoms with Crippen molar-refractivity contribution in [3.05, 3.63) is 11.4 Å².